The molecule has 0 aromatic heterocycles. The highest BCUT2D eigenvalue weighted by Gasteiger charge is 2.51. The molecule has 8 rings (SSSR count). The summed E-state index contributed by atoms with van der Waals surface area (Å²) in [7, 11) is 0. The summed E-state index contributed by atoms with van der Waals surface area (Å²) >= 11 is 5.57. The van der Waals surface area contributed by atoms with Crippen molar-refractivity contribution in [1.29, 1.82) is 5.26 Å². The minimum atomic E-state index is -4.87. The van der Waals surface area contributed by atoms with Gasteiger partial charge in [0.1, 0.15) is 17.4 Å². The van der Waals surface area contributed by atoms with Crippen LogP contribution < -0.4 is 20.0 Å². The number of anilines is 3. The smallest absolute Gasteiger partial charge is 0.371 e. The molecule has 1 N–H and O–H groups in total. The maximum atomic E-state index is 15.8. The lowest BCUT2D eigenvalue weighted by atomic mass is 10.0. The van der Waals surface area contributed by atoms with Crippen molar-refractivity contribution in [2.24, 2.45) is 0 Å². The highest BCUT2D eigenvalue weighted by atomic mass is 32.1. The number of piperazine rings is 1. The molecular weight excluding hydrogens is 821 g/mol. The molecule has 1 unspecified atom stereocenters. The molecule has 4 fully saturated rings. The van der Waals surface area contributed by atoms with E-state index >= 15 is 4.39 Å². The van der Waals surface area contributed by atoms with Crippen molar-refractivity contribution in [3.05, 3.63) is 88.2 Å². The number of halogens is 4. The third-order valence-electron chi connectivity index (χ3n) is 12.2. The summed E-state index contributed by atoms with van der Waals surface area (Å²) in [5.41, 5.74) is -2.35. The van der Waals surface area contributed by atoms with Gasteiger partial charge < -0.3 is 14.7 Å². The van der Waals surface area contributed by atoms with Gasteiger partial charge in [0.15, 0.2) is 5.11 Å². The summed E-state index contributed by atoms with van der Waals surface area (Å²) in [6.45, 7) is 6.14. The summed E-state index contributed by atoms with van der Waals surface area (Å²) in [6.07, 6.45) is -3.18. The molecule has 0 bridgehead atoms. The van der Waals surface area contributed by atoms with Gasteiger partial charge in [0, 0.05) is 63.1 Å². The summed E-state index contributed by atoms with van der Waals surface area (Å²) in [6, 6.07) is 12.4. The minimum absolute atomic E-state index is 0.0368. The predicted octanol–water partition coefficient (Wildman–Crippen LogP) is 4.46. The van der Waals surface area contributed by atoms with Crippen molar-refractivity contribution in [1.82, 2.24) is 20.0 Å². The van der Waals surface area contributed by atoms with E-state index in [1.54, 1.807) is 23.1 Å². The van der Waals surface area contributed by atoms with Crippen LogP contribution in [0.25, 0.3) is 0 Å². The number of thiocarbonyl (C=S) groups is 1. The molecule has 5 heterocycles. The lowest BCUT2D eigenvalue weighted by molar-refractivity contribution is -0.138. The molecule has 0 aliphatic carbocycles. The van der Waals surface area contributed by atoms with Crippen molar-refractivity contribution in [3.8, 4) is 6.07 Å². The molecule has 19 heteroatoms. The lowest BCUT2D eigenvalue weighted by Crippen LogP contribution is -2.54. The Morgan fingerprint density at radius 3 is 2.13 bits per heavy atom. The molecule has 0 saturated carbocycles. The summed E-state index contributed by atoms with van der Waals surface area (Å²) in [5, 5.41) is 11.2. The van der Waals surface area contributed by atoms with Crippen molar-refractivity contribution in [2.75, 3.05) is 54.0 Å². The van der Waals surface area contributed by atoms with Crippen LogP contribution in [0.1, 0.15) is 81.7 Å². The number of rotatable bonds is 6. The molecule has 3 aromatic rings. The largest absolute Gasteiger partial charge is 0.417 e. The van der Waals surface area contributed by atoms with Crippen LogP contribution >= 0.6 is 12.2 Å². The molecule has 61 heavy (non-hydrogen) atoms. The van der Waals surface area contributed by atoms with Crippen LogP contribution in [-0.4, -0.2) is 112 Å². The zero-order valence-electron chi connectivity index (χ0n) is 32.9. The molecule has 0 spiro atoms. The van der Waals surface area contributed by atoms with E-state index in [1.165, 1.54) is 43.0 Å². The zero-order valence-corrected chi connectivity index (χ0v) is 33.7. The molecule has 316 valence electrons. The van der Waals surface area contributed by atoms with Gasteiger partial charge in [-0.25, -0.2) is 4.39 Å². The number of nitrogens with zero attached hydrogens (tertiary/aromatic N) is 7. The average Bonchev–Trinajstić information content (AvgIpc) is 3.58. The van der Waals surface area contributed by atoms with Gasteiger partial charge in [-0.15, -0.1) is 0 Å². The van der Waals surface area contributed by atoms with Crippen molar-refractivity contribution in [3.63, 3.8) is 0 Å². The first kappa shape index (κ1) is 41.5. The monoisotopic (exact) mass is 858 g/mol. The molecule has 4 saturated heterocycles. The number of carbonyl (C=O) groups is 6. The van der Waals surface area contributed by atoms with E-state index in [2.05, 4.69) is 15.1 Å². The lowest BCUT2D eigenvalue weighted by Gasteiger charge is -2.43. The molecule has 1 atom stereocenters. The van der Waals surface area contributed by atoms with Crippen LogP contribution in [0.3, 0.4) is 0 Å². The standard InChI is InChI=1S/C42H38F4N8O6S/c1-41(2)39(60)52(26-4-3-23(22-47)31(20-26)42(44,45)46)40(61)54(41)27-6-8-29(32(43)21-27)36(57)51-17-15-50(16-18-51)24-11-13-49(14-12-24)25-5-7-28-30(19-25)38(59)53(37(28)58)33-9-10-34(55)48-35(33)56/h3-8,19-21,24,33H,9-18H2,1-2H3,(H,48,55,56). The van der Waals surface area contributed by atoms with Crippen LogP contribution in [0.2, 0.25) is 0 Å². The van der Waals surface area contributed by atoms with E-state index in [9.17, 15) is 47.2 Å². The molecule has 5 aliphatic heterocycles. The predicted molar refractivity (Wildman–Crippen MR) is 215 cm³/mol. The summed E-state index contributed by atoms with van der Waals surface area (Å²) in [4.78, 5) is 86.9. The Bertz CT molecular complexity index is 2470. The quantitative estimate of drug-likeness (QED) is 0.212. The van der Waals surface area contributed by atoms with E-state index in [0.717, 1.165) is 40.5 Å². The van der Waals surface area contributed by atoms with Crippen LogP contribution in [0, 0.1) is 17.1 Å². The average molecular weight is 859 g/mol. The second-order valence-electron chi connectivity index (χ2n) is 16.0. The number of hydrogen-bond donors (Lipinski definition) is 1. The first-order chi connectivity index (χ1) is 28.9. The van der Waals surface area contributed by atoms with Gasteiger partial charge in [-0.05, 0) is 99.9 Å². The first-order valence-corrected chi connectivity index (χ1v) is 20.0. The van der Waals surface area contributed by atoms with Crippen molar-refractivity contribution in [2.45, 2.75) is 63.3 Å². The first-order valence-electron chi connectivity index (χ1n) is 19.6. The van der Waals surface area contributed by atoms with Crippen LogP contribution in [0.15, 0.2) is 54.6 Å². The van der Waals surface area contributed by atoms with E-state index in [-0.39, 0.29) is 52.1 Å². The minimum Gasteiger partial charge on any atom is -0.371 e. The number of fused-ring (bicyclic) bond motifs is 1. The molecule has 3 aromatic carbocycles. The van der Waals surface area contributed by atoms with Gasteiger partial charge in [-0.2, -0.15) is 18.4 Å². The number of alkyl halides is 3. The molecule has 0 radical (unpaired) electrons. The zero-order chi connectivity index (χ0) is 43.7. The Morgan fingerprint density at radius 2 is 1.49 bits per heavy atom. The molecule has 14 nitrogen and oxygen atoms in total. The van der Waals surface area contributed by atoms with Crippen molar-refractivity contribution < 1.29 is 46.3 Å². The third kappa shape index (κ3) is 7.16. The highest BCUT2D eigenvalue weighted by Crippen LogP contribution is 2.40. The van der Waals surface area contributed by atoms with Gasteiger partial charge in [0.2, 0.25) is 11.8 Å². The number of piperidine rings is 2. The van der Waals surface area contributed by atoms with Gasteiger partial charge >= 0.3 is 6.18 Å². The Labute approximate surface area is 352 Å². The fourth-order valence-electron chi connectivity index (χ4n) is 8.88. The third-order valence-corrected chi connectivity index (χ3v) is 12.5. The SMILES string of the molecule is CC1(C)C(=O)N(c2ccc(C#N)c(C(F)(F)F)c2)C(=S)N1c1ccc(C(=O)N2CCN(C3CCN(c4ccc5c(c4)C(=O)N(C4CCC(=O)NC4=O)C5=O)CC3)CC2)c(F)c1. The number of benzene rings is 3. The summed E-state index contributed by atoms with van der Waals surface area (Å²) in [5.74, 6) is -4.28. The topological polar surface area (TPSA) is 158 Å². The molecule has 5 aliphatic rings. The van der Waals surface area contributed by atoms with E-state index < -0.39 is 70.1 Å². The Morgan fingerprint density at radius 1 is 0.836 bits per heavy atom. The maximum Gasteiger partial charge on any atom is 0.417 e. The Kier molecular flexibility index (Phi) is 10.4. The van der Waals surface area contributed by atoms with E-state index in [4.69, 9.17) is 12.2 Å². The fourth-order valence-corrected chi connectivity index (χ4v) is 9.40. The van der Waals surface area contributed by atoms with Gasteiger partial charge in [-0.3, -0.25) is 48.8 Å². The fraction of sp³-hybridized carbons (Fsp3) is 0.381. The molecular formula is C42H38F4N8O6S. The van der Waals surface area contributed by atoms with Gasteiger partial charge in [-0.1, -0.05) is 0 Å². The number of carbonyl (C=O) groups excluding carboxylic acids is 6. The van der Waals surface area contributed by atoms with Crippen LogP contribution in [-0.2, 0) is 20.6 Å². The summed E-state index contributed by atoms with van der Waals surface area (Å²) < 4.78 is 57.1. The van der Waals surface area contributed by atoms with Crippen molar-refractivity contribution >= 4 is 69.8 Å². The van der Waals surface area contributed by atoms with Crippen LogP contribution in [0.5, 0.6) is 0 Å². The Hall–Kier alpha value is -6.26. The number of amides is 6. The van der Waals surface area contributed by atoms with E-state index in [0.29, 0.717) is 45.3 Å². The van der Waals surface area contributed by atoms with Crippen LogP contribution in [0.4, 0.5) is 34.6 Å². The number of nitrogens with one attached hydrogen (secondary N) is 1. The second kappa shape index (κ2) is 15.3. The number of nitriles is 1. The maximum absolute atomic E-state index is 15.8. The second-order valence-corrected chi connectivity index (χ2v) is 16.4. The number of hydrogen-bond acceptors (Lipinski definition) is 10. The number of imide groups is 2. The highest BCUT2D eigenvalue weighted by molar-refractivity contribution is 7.81. The normalized spacial score (nSPS) is 21.3. The molecule has 6 amide bonds. The van der Waals surface area contributed by atoms with E-state index in [1.807, 2.05) is 0 Å². The van der Waals surface area contributed by atoms with Gasteiger partial charge in [0.05, 0.1) is 39.6 Å². The Balaban J connectivity index is 0.876. The van der Waals surface area contributed by atoms with Gasteiger partial charge in [0.25, 0.3) is 23.6 Å².